The Hall–Kier alpha value is -1.85. The van der Waals surface area contributed by atoms with Gasteiger partial charge in [0.25, 0.3) is 0 Å². The molecule has 1 amide bonds. The maximum absolute atomic E-state index is 12.1. The number of carbonyl (C=O) groups is 1. The Morgan fingerprint density at radius 2 is 2.30 bits per heavy atom. The van der Waals surface area contributed by atoms with Crippen LogP contribution in [0.4, 0.5) is 0 Å². The van der Waals surface area contributed by atoms with Crippen molar-refractivity contribution >= 4 is 17.5 Å². The molecular weight excluding hydrogens is 314 g/mol. The van der Waals surface area contributed by atoms with Crippen molar-refractivity contribution in [2.75, 3.05) is 6.61 Å². The van der Waals surface area contributed by atoms with E-state index in [-0.39, 0.29) is 18.6 Å². The quantitative estimate of drug-likeness (QED) is 0.915. The number of aryl methyl sites for hydroxylation is 1. The van der Waals surface area contributed by atoms with Crippen LogP contribution in [0.2, 0.25) is 5.02 Å². The summed E-state index contributed by atoms with van der Waals surface area (Å²) in [4.78, 5) is 12.1. The molecule has 1 N–H and O–H groups in total. The van der Waals surface area contributed by atoms with Gasteiger partial charge in [-0.1, -0.05) is 29.8 Å². The lowest BCUT2D eigenvalue weighted by atomic mass is 9.93. The van der Waals surface area contributed by atoms with Crippen LogP contribution < -0.4 is 5.32 Å². The maximum Gasteiger partial charge on any atom is 0.246 e. The van der Waals surface area contributed by atoms with Gasteiger partial charge in [-0.15, -0.1) is 0 Å². The van der Waals surface area contributed by atoms with Crippen LogP contribution in [0, 0.1) is 0 Å². The first-order valence-electron chi connectivity index (χ1n) is 7.76. The predicted molar refractivity (Wildman–Crippen MR) is 88.1 cm³/mol. The lowest BCUT2D eigenvalue weighted by molar-refractivity contribution is -0.127. The van der Waals surface area contributed by atoms with Crippen molar-refractivity contribution in [2.45, 2.75) is 31.9 Å². The summed E-state index contributed by atoms with van der Waals surface area (Å²) in [6, 6.07) is 7.50. The second kappa shape index (κ2) is 7.15. The molecule has 0 spiro atoms. The first-order chi connectivity index (χ1) is 11.1. The van der Waals surface area contributed by atoms with Gasteiger partial charge < -0.3 is 10.1 Å². The van der Waals surface area contributed by atoms with E-state index < -0.39 is 0 Å². The average Bonchev–Trinajstić information content (AvgIpc) is 2.92. The zero-order valence-electron chi connectivity index (χ0n) is 13.1. The summed E-state index contributed by atoms with van der Waals surface area (Å²) in [5.74, 6) is -0.112. The molecule has 0 bridgehead atoms. The number of hydrogen-bond acceptors (Lipinski definition) is 3. The monoisotopic (exact) mass is 333 g/mol. The van der Waals surface area contributed by atoms with Gasteiger partial charge in [-0.2, -0.15) is 5.10 Å². The van der Waals surface area contributed by atoms with Gasteiger partial charge in [0.2, 0.25) is 5.91 Å². The Balaban J connectivity index is 1.51. The summed E-state index contributed by atoms with van der Waals surface area (Å²) in [5, 5.41) is 7.98. The highest BCUT2D eigenvalue weighted by molar-refractivity contribution is 6.31. The lowest BCUT2D eigenvalue weighted by Gasteiger charge is -2.23. The molecule has 1 aromatic heterocycles. The van der Waals surface area contributed by atoms with Gasteiger partial charge in [-0.05, 0) is 30.9 Å². The van der Waals surface area contributed by atoms with Gasteiger partial charge in [0.1, 0.15) is 6.61 Å². The minimum atomic E-state index is -0.112. The highest BCUT2D eigenvalue weighted by atomic mass is 35.5. The molecule has 0 saturated carbocycles. The molecule has 0 radical (unpaired) electrons. The van der Waals surface area contributed by atoms with Crippen molar-refractivity contribution in [3.8, 4) is 0 Å². The van der Waals surface area contributed by atoms with Crippen LogP contribution in [-0.4, -0.2) is 22.3 Å². The van der Waals surface area contributed by atoms with E-state index in [2.05, 4.69) is 10.4 Å². The molecule has 0 fully saturated rings. The summed E-state index contributed by atoms with van der Waals surface area (Å²) in [6.07, 6.45) is 4.86. The number of halogens is 1. The molecule has 1 aromatic carbocycles. The Morgan fingerprint density at radius 3 is 3.13 bits per heavy atom. The van der Waals surface area contributed by atoms with Crippen LogP contribution in [0.25, 0.3) is 0 Å². The fourth-order valence-corrected chi connectivity index (χ4v) is 3.15. The number of amides is 1. The summed E-state index contributed by atoms with van der Waals surface area (Å²) >= 11 is 6.06. The van der Waals surface area contributed by atoms with E-state index in [1.54, 1.807) is 0 Å². The van der Waals surface area contributed by atoms with Gasteiger partial charge in [0, 0.05) is 23.3 Å². The van der Waals surface area contributed by atoms with Crippen molar-refractivity contribution in [3.63, 3.8) is 0 Å². The molecule has 122 valence electrons. The Bertz CT molecular complexity index is 699. The summed E-state index contributed by atoms with van der Waals surface area (Å²) < 4.78 is 7.37. The number of nitrogens with zero attached hydrogens (tertiary/aromatic N) is 2. The maximum atomic E-state index is 12.1. The SMILES string of the molecule is Cn1ncc2c1CCCC2NC(=O)COCc1ccccc1Cl. The second-order valence-corrected chi connectivity index (χ2v) is 6.17. The van der Waals surface area contributed by atoms with Crippen molar-refractivity contribution in [1.29, 1.82) is 0 Å². The molecule has 6 heteroatoms. The summed E-state index contributed by atoms with van der Waals surface area (Å²) in [5.41, 5.74) is 3.21. The minimum absolute atomic E-state index is 0.0251. The Labute approximate surface area is 140 Å². The predicted octanol–water partition coefficient (Wildman–Crippen LogP) is 2.78. The number of carbonyl (C=O) groups excluding carboxylic acids is 1. The molecule has 5 nitrogen and oxygen atoms in total. The van der Waals surface area contributed by atoms with E-state index in [0.717, 1.165) is 30.4 Å². The topological polar surface area (TPSA) is 56.2 Å². The van der Waals surface area contributed by atoms with Gasteiger partial charge >= 0.3 is 0 Å². The van der Waals surface area contributed by atoms with E-state index in [9.17, 15) is 4.79 Å². The smallest absolute Gasteiger partial charge is 0.246 e. The molecule has 1 heterocycles. The van der Waals surface area contributed by atoms with Gasteiger partial charge in [0.05, 0.1) is 18.8 Å². The number of nitrogens with one attached hydrogen (secondary N) is 1. The van der Waals surface area contributed by atoms with E-state index in [1.165, 1.54) is 5.69 Å². The fourth-order valence-electron chi connectivity index (χ4n) is 2.96. The zero-order chi connectivity index (χ0) is 16.2. The van der Waals surface area contributed by atoms with Gasteiger partial charge in [-0.25, -0.2) is 0 Å². The van der Waals surface area contributed by atoms with E-state index >= 15 is 0 Å². The van der Waals surface area contributed by atoms with E-state index in [1.807, 2.05) is 42.2 Å². The van der Waals surface area contributed by atoms with Crippen molar-refractivity contribution in [1.82, 2.24) is 15.1 Å². The molecule has 3 rings (SSSR count). The number of benzene rings is 1. The van der Waals surface area contributed by atoms with Crippen LogP contribution in [0.3, 0.4) is 0 Å². The third-order valence-electron chi connectivity index (χ3n) is 4.16. The first-order valence-corrected chi connectivity index (χ1v) is 8.14. The normalized spacial score (nSPS) is 16.9. The van der Waals surface area contributed by atoms with Crippen LogP contribution in [-0.2, 0) is 29.6 Å². The van der Waals surface area contributed by atoms with Crippen LogP contribution >= 0.6 is 11.6 Å². The van der Waals surface area contributed by atoms with Gasteiger partial charge in [-0.3, -0.25) is 9.48 Å². The Morgan fingerprint density at radius 1 is 1.48 bits per heavy atom. The lowest BCUT2D eigenvalue weighted by Crippen LogP contribution is -2.33. The average molecular weight is 334 g/mol. The van der Waals surface area contributed by atoms with E-state index in [4.69, 9.17) is 16.3 Å². The largest absolute Gasteiger partial charge is 0.367 e. The molecule has 0 aliphatic heterocycles. The number of hydrogen-bond donors (Lipinski definition) is 1. The highest BCUT2D eigenvalue weighted by Crippen LogP contribution is 2.29. The number of rotatable bonds is 5. The first kappa shape index (κ1) is 16.0. The fraction of sp³-hybridized carbons (Fsp3) is 0.412. The van der Waals surface area contributed by atoms with Crippen molar-refractivity contribution in [3.05, 3.63) is 52.3 Å². The zero-order valence-corrected chi connectivity index (χ0v) is 13.8. The Kier molecular flexibility index (Phi) is 4.98. The molecule has 1 atom stereocenters. The standard InChI is InChI=1S/C17H20ClN3O2/c1-21-16-8-4-7-15(13(16)9-19-21)20-17(22)11-23-10-12-5-2-3-6-14(12)18/h2-3,5-6,9,15H,4,7-8,10-11H2,1H3,(H,20,22). The van der Waals surface area contributed by atoms with Crippen LogP contribution in [0.1, 0.15) is 35.7 Å². The number of fused-ring (bicyclic) bond motifs is 1. The van der Waals surface area contributed by atoms with E-state index in [0.29, 0.717) is 11.6 Å². The summed E-state index contributed by atoms with van der Waals surface area (Å²) in [7, 11) is 1.94. The third-order valence-corrected chi connectivity index (χ3v) is 4.53. The molecule has 1 aliphatic rings. The summed E-state index contributed by atoms with van der Waals surface area (Å²) in [6.45, 7) is 0.354. The molecule has 23 heavy (non-hydrogen) atoms. The number of aromatic nitrogens is 2. The second-order valence-electron chi connectivity index (χ2n) is 5.77. The molecule has 2 aromatic rings. The third kappa shape index (κ3) is 3.74. The van der Waals surface area contributed by atoms with Crippen LogP contribution in [0.15, 0.2) is 30.5 Å². The van der Waals surface area contributed by atoms with Gasteiger partial charge in [0.15, 0.2) is 0 Å². The molecule has 1 unspecified atom stereocenters. The minimum Gasteiger partial charge on any atom is -0.367 e. The molecular formula is C17H20ClN3O2. The van der Waals surface area contributed by atoms with Crippen LogP contribution in [0.5, 0.6) is 0 Å². The molecule has 0 saturated heterocycles. The van der Waals surface area contributed by atoms with Crippen molar-refractivity contribution in [2.24, 2.45) is 7.05 Å². The highest BCUT2D eigenvalue weighted by Gasteiger charge is 2.24. The number of ether oxygens (including phenoxy) is 1. The molecule has 1 aliphatic carbocycles. The van der Waals surface area contributed by atoms with Crippen molar-refractivity contribution < 1.29 is 9.53 Å².